The average molecular weight is 390 g/mol. The predicted molar refractivity (Wildman–Crippen MR) is 104 cm³/mol. The van der Waals surface area contributed by atoms with Gasteiger partial charge < -0.3 is 10.1 Å². The molecule has 1 heterocycles. The Labute approximate surface area is 162 Å². The summed E-state index contributed by atoms with van der Waals surface area (Å²) in [5.41, 5.74) is 1.71. The number of hydrogen-bond donors (Lipinski definition) is 1. The second-order valence-electron chi connectivity index (χ2n) is 6.03. The lowest BCUT2D eigenvalue weighted by molar-refractivity contribution is -0.123. The molecule has 2 aromatic rings. The summed E-state index contributed by atoms with van der Waals surface area (Å²) in [6.07, 6.45) is 1.32. The van der Waals surface area contributed by atoms with Gasteiger partial charge in [0, 0.05) is 27.7 Å². The number of carbonyl (C=O) groups excluding carboxylic acids is 2. The first-order valence-electron chi connectivity index (χ1n) is 8.54. The lowest BCUT2D eigenvalue weighted by Gasteiger charge is -2.26. The summed E-state index contributed by atoms with van der Waals surface area (Å²) in [4.78, 5) is 25.0. The molecule has 136 valence electrons. The van der Waals surface area contributed by atoms with E-state index in [1.54, 1.807) is 36.0 Å². The highest BCUT2D eigenvalue weighted by Crippen LogP contribution is 2.37. The van der Waals surface area contributed by atoms with Crippen LogP contribution in [0.2, 0.25) is 5.02 Å². The van der Waals surface area contributed by atoms with Crippen LogP contribution in [0.3, 0.4) is 0 Å². The van der Waals surface area contributed by atoms with Crippen molar-refractivity contribution in [2.24, 2.45) is 0 Å². The van der Waals surface area contributed by atoms with Crippen LogP contribution in [-0.4, -0.2) is 24.1 Å². The molecule has 1 aliphatic heterocycles. The van der Waals surface area contributed by atoms with Crippen molar-refractivity contribution < 1.29 is 14.3 Å². The fourth-order valence-electron chi connectivity index (χ4n) is 2.84. The van der Waals surface area contributed by atoms with E-state index in [0.29, 0.717) is 22.8 Å². The van der Waals surface area contributed by atoms with E-state index in [4.69, 9.17) is 16.3 Å². The zero-order chi connectivity index (χ0) is 18.5. The second-order valence-corrected chi connectivity index (χ2v) is 7.60. The van der Waals surface area contributed by atoms with Crippen molar-refractivity contribution in [1.82, 2.24) is 5.32 Å². The molecular formula is C20H20ClNO3S. The van der Waals surface area contributed by atoms with Gasteiger partial charge in [-0.15, -0.1) is 11.8 Å². The number of nitrogens with one attached hydrogen (secondary N) is 1. The van der Waals surface area contributed by atoms with E-state index < -0.39 is 0 Å². The van der Waals surface area contributed by atoms with Gasteiger partial charge in [0.05, 0.1) is 6.04 Å². The zero-order valence-electron chi connectivity index (χ0n) is 14.5. The Morgan fingerprint density at radius 2 is 2.00 bits per heavy atom. The lowest BCUT2D eigenvalue weighted by Crippen LogP contribution is -2.34. The zero-order valence-corrected chi connectivity index (χ0v) is 16.0. The molecule has 0 bridgehead atoms. The average Bonchev–Trinajstić information content (AvgIpc) is 2.66. The van der Waals surface area contributed by atoms with Gasteiger partial charge in [-0.1, -0.05) is 18.5 Å². The van der Waals surface area contributed by atoms with Crippen molar-refractivity contribution in [2.45, 2.75) is 30.7 Å². The molecule has 0 spiro atoms. The van der Waals surface area contributed by atoms with E-state index in [0.717, 1.165) is 22.6 Å². The SMILES string of the molecule is CCC(=O)c1ccc(OCC(=O)NC2CCSc3ccc(Cl)cc32)cc1. The molecule has 0 aliphatic carbocycles. The Hall–Kier alpha value is -1.98. The number of thioether (sulfide) groups is 1. The molecule has 0 radical (unpaired) electrons. The molecule has 1 N–H and O–H groups in total. The van der Waals surface area contributed by atoms with E-state index in [1.807, 2.05) is 25.1 Å². The molecule has 1 atom stereocenters. The summed E-state index contributed by atoms with van der Waals surface area (Å²) in [6.45, 7) is 1.76. The Kier molecular flexibility index (Phi) is 6.22. The van der Waals surface area contributed by atoms with Gasteiger partial charge in [-0.05, 0) is 54.4 Å². The van der Waals surface area contributed by atoms with Crippen LogP contribution < -0.4 is 10.1 Å². The minimum Gasteiger partial charge on any atom is -0.484 e. The Morgan fingerprint density at radius 3 is 2.73 bits per heavy atom. The standard InChI is InChI=1S/C20H20ClNO3S/c1-2-18(23)13-3-6-15(7-4-13)25-12-20(24)22-17-9-10-26-19-8-5-14(21)11-16(17)19/h3-8,11,17H,2,9-10,12H2,1H3,(H,22,24). The van der Waals surface area contributed by atoms with Crippen molar-refractivity contribution in [2.75, 3.05) is 12.4 Å². The summed E-state index contributed by atoms with van der Waals surface area (Å²) in [6, 6.07) is 12.6. The Bertz CT molecular complexity index is 807. The summed E-state index contributed by atoms with van der Waals surface area (Å²) >= 11 is 7.87. The van der Waals surface area contributed by atoms with Crippen molar-refractivity contribution in [3.05, 3.63) is 58.6 Å². The highest BCUT2D eigenvalue weighted by molar-refractivity contribution is 7.99. The molecule has 2 aromatic carbocycles. The molecule has 1 aliphatic rings. The second kappa shape index (κ2) is 8.60. The van der Waals surface area contributed by atoms with Gasteiger partial charge in [0.2, 0.25) is 0 Å². The van der Waals surface area contributed by atoms with Crippen LogP contribution >= 0.6 is 23.4 Å². The fourth-order valence-corrected chi connectivity index (χ4v) is 4.13. The maximum atomic E-state index is 12.3. The first-order chi connectivity index (χ1) is 12.6. The number of fused-ring (bicyclic) bond motifs is 1. The number of Topliss-reactive ketones (excluding diaryl/α,β-unsaturated/α-hetero) is 1. The van der Waals surface area contributed by atoms with Crippen LogP contribution in [0.1, 0.15) is 41.7 Å². The molecule has 4 nitrogen and oxygen atoms in total. The number of ether oxygens (including phenoxy) is 1. The fraction of sp³-hybridized carbons (Fsp3) is 0.300. The minimum atomic E-state index is -0.179. The maximum Gasteiger partial charge on any atom is 0.258 e. The van der Waals surface area contributed by atoms with Gasteiger partial charge in [0.25, 0.3) is 5.91 Å². The highest BCUT2D eigenvalue weighted by Gasteiger charge is 2.22. The van der Waals surface area contributed by atoms with Crippen molar-refractivity contribution in [3.63, 3.8) is 0 Å². The van der Waals surface area contributed by atoms with Gasteiger partial charge in [-0.3, -0.25) is 9.59 Å². The molecule has 0 fully saturated rings. The Balaban J connectivity index is 1.57. The number of carbonyl (C=O) groups is 2. The van der Waals surface area contributed by atoms with Crippen LogP contribution in [-0.2, 0) is 4.79 Å². The van der Waals surface area contributed by atoms with Gasteiger partial charge >= 0.3 is 0 Å². The summed E-state index contributed by atoms with van der Waals surface area (Å²) in [5.74, 6) is 1.42. The molecular weight excluding hydrogens is 370 g/mol. The van der Waals surface area contributed by atoms with Crippen molar-refractivity contribution in [1.29, 1.82) is 0 Å². The quantitative estimate of drug-likeness (QED) is 0.730. The number of ketones is 1. The molecule has 0 saturated carbocycles. The summed E-state index contributed by atoms with van der Waals surface area (Å²) < 4.78 is 5.53. The van der Waals surface area contributed by atoms with Gasteiger partial charge in [0.15, 0.2) is 12.4 Å². The van der Waals surface area contributed by atoms with Crippen LogP contribution in [0.15, 0.2) is 47.4 Å². The third kappa shape index (κ3) is 4.59. The first kappa shape index (κ1) is 18.8. The summed E-state index contributed by atoms with van der Waals surface area (Å²) in [5, 5.41) is 3.69. The number of halogens is 1. The van der Waals surface area contributed by atoms with Crippen LogP contribution in [0, 0.1) is 0 Å². The molecule has 26 heavy (non-hydrogen) atoms. The topological polar surface area (TPSA) is 55.4 Å². The van der Waals surface area contributed by atoms with Gasteiger partial charge in [-0.2, -0.15) is 0 Å². The number of rotatable bonds is 6. The van der Waals surface area contributed by atoms with Crippen molar-refractivity contribution >= 4 is 35.1 Å². The van der Waals surface area contributed by atoms with Crippen LogP contribution in [0.5, 0.6) is 5.75 Å². The molecule has 3 rings (SSSR count). The molecule has 0 aromatic heterocycles. The van der Waals surface area contributed by atoms with E-state index >= 15 is 0 Å². The van der Waals surface area contributed by atoms with E-state index in [1.165, 1.54) is 0 Å². The van der Waals surface area contributed by atoms with Crippen LogP contribution in [0.4, 0.5) is 0 Å². The maximum absolute atomic E-state index is 12.3. The number of hydrogen-bond acceptors (Lipinski definition) is 4. The third-order valence-electron chi connectivity index (χ3n) is 4.21. The van der Waals surface area contributed by atoms with E-state index in [9.17, 15) is 9.59 Å². The monoisotopic (exact) mass is 389 g/mol. The highest BCUT2D eigenvalue weighted by atomic mass is 35.5. The molecule has 6 heteroatoms. The number of amides is 1. The molecule has 1 unspecified atom stereocenters. The smallest absolute Gasteiger partial charge is 0.258 e. The minimum absolute atomic E-state index is 0.0504. The van der Waals surface area contributed by atoms with E-state index in [2.05, 4.69) is 5.32 Å². The van der Waals surface area contributed by atoms with Crippen molar-refractivity contribution in [3.8, 4) is 5.75 Å². The molecule has 0 saturated heterocycles. The largest absolute Gasteiger partial charge is 0.484 e. The predicted octanol–water partition coefficient (Wildman–Crippen LogP) is 4.66. The molecule has 1 amide bonds. The normalized spacial score (nSPS) is 15.8. The third-order valence-corrected chi connectivity index (χ3v) is 5.57. The summed E-state index contributed by atoms with van der Waals surface area (Å²) in [7, 11) is 0. The van der Waals surface area contributed by atoms with E-state index in [-0.39, 0.29) is 24.3 Å². The number of benzene rings is 2. The van der Waals surface area contributed by atoms with Crippen LogP contribution in [0.25, 0.3) is 0 Å². The first-order valence-corrected chi connectivity index (χ1v) is 9.91. The van der Waals surface area contributed by atoms with Gasteiger partial charge in [0.1, 0.15) is 5.75 Å². The van der Waals surface area contributed by atoms with Gasteiger partial charge in [-0.25, -0.2) is 0 Å². The Morgan fingerprint density at radius 1 is 1.23 bits per heavy atom. The lowest BCUT2D eigenvalue weighted by atomic mass is 10.0.